The third-order valence-electron chi connectivity index (χ3n) is 4.35. The number of nitrogens with one attached hydrogen (secondary N) is 1. The van der Waals surface area contributed by atoms with Gasteiger partial charge in [-0.15, -0.1) is 0 Å². The number of alkyl carbamates (subject to hydrolysis) is 1. The lowest BCUT2D eigenvalue weighted by Crippen LogP contribution is -2.38. The van der Waals surface area contributed by atoms with Crippen LogP contribution in [0.15, 0.2) is 29.3 Å². The second-order valence-electron chi connectivity index (χ2n) is 8.15. The molecule has 2 amide bonds. The summed E-state index contributed by atoms with van der Waals surface area (Å²) in [5.74, 6) is -0.436. The number of nitrogens with zero attached hydrogens (tertiary/aromatic N) is 2. The van der Waals surface area contributed by atoms with Gasteiger partial charge in [0.05, 0.1) is 17.5 Å². The third kappa shape index (κ3) is 5.51. The number of amides is 2. The highest BCUT2D eigenvalue weighted by molar-refractivity contribution is 8.16. The minimum atomic E-state index is -3.12. The molecule has 158 valence electrons. The van der Waals surface area contributed by atoms with Crippen LogP contribution in [0.5, 0.6) is 0 Å². The fourth-order valence-corrected chi connectivity index (χ4v) is 7.18. The van der Waals surface area contributed by atoms with Crippen LogP contribution in [0.25, 0.3) is 0 Å². The van der Waals surface area contributed by atoms with Crippen LogP contribution in [-0.4, -0.2) is 60.5 Å². The van der Waals surface area contributed by atoms with Crippen molar-refractivity contribution in [1.29, 1.82) is 0 Å². The number of aryl methyl sites for hydroxylation is 1. The van der Waals surface area contributed by atoms with Gasteiger partial charge >= 0.3 is 6.09 Å². The highest BCUT2D eigenvalue weighted by Gasteiger charge is 2.49. The quantitative estimate of drug-likeness (QED) is 0.769. The first-order valence-corrected chi connectivity index (χ1v) is 11.9. The predicted molar refractivity (Wildman–Crippen MR) is 114 cm³/mol. The van der Waals surface area contributed by atoms with Crippen LogP contribution in [0.3, 0.4) is 0 Å². The molecular formula is C19H25N3O5S2. The third-order valence-corrected chi connectivity index (χ3v) is 7.56. The van der Waals surface area contributed by atoms with Gasteiger partial charge in [-0.1, -0.05) is 23.9 Å². The van der Waals surface area contributed by atoms with Crippen molar-refractivity contribution in [3.63, 3.8) is 0 Å². The summed E-state index contributed by atoms with van der Waals surface area (Å²) in [6.45, 7) is 6.85. The summed E-state index contributed by atoms with van der Waals surface area (Å²) in [6.07, 6.45) is -0.691. The van der Waals surface area contributed by atoms with Crippen molar-refractivity contribution >= 4 is 44.5 Å². The molecule has 0 spiro atoms. The second-order valence-corrected chi connectivity index (χ2v) is 11.5. The Morgan fingerprint density at radius 1 is 1.31 bits per heavy atom. The van der Waals surface area contributed by atoms with Crippen LogP contribution >= 0.6 is 11.8 Å². The Labute approximate surface area is 175 Å². The number of aliphatic imine (C=N–C) groups is 1. The molecular weight excluding hydrogens is 414 g/mol. The monoisotopic (exact) mass is 439 g/mol. The van der Waals surface area contributed by atoms with Gasteiger partial charge in [0.25, 0.3) is 5.91 Å². The molecule has 0 aliphatic carbocycles. The van der Waals surface area contributed by atoms with E-state index in [1.54, 1.807) is 20.8 Å². The molecule has 29 heavy (non-hydrogen) atoms. The molecule has 2 saturated heterocycles. The Kier molecular flexibility index (Phi) is 5.96. The Hall–Kier alpha value is -2.07. The number of carbonyl (C=O) groups is 2. The van der Waals surface area contributed by atoms with E-state index in [4.69, 9.17) is 4.74 Å². The van der Waals surface area contributed by atoms with Crippen molar-refractivity contribution in [3.05, 3.63) is 29.8 Å². The van der Waals surface area contributed by atoms with Gasteiger partial charge in [-0.2, -0.15) is 4.99 Å². The van der Waals surface area contributed by atoms with E-state index in [1.165, 1.54) is 11.8 Å². The fourth-order valence-electron chi connectivity index (χ4n) is 3.25. The topological polar surface area (TPSA) is 105 Å². The molecule has 2 heterocycles. The summed E-state index contributed by atoms with van der Waals surface area (Å²) in [5, 5.41) is 2.68. The average molecular weight is 440 g/mol. The molecule has 0 radical (unpaired) electrons. The average Bonchev–Trinajstić information content (AvgIpc) is 3.02. The summed E-state index contributed by atoms with van der Waals surface area (Å²) in [5.41, 5.74) is 1.16. The molecule has 1 aromatic carbocycles. The number of anilines is 1. The Balaban J connectivity index is 1.78. The predicted octanol–water partition coefficient (Wildman–Crippen LogP) is 2.12. The number of hydrogen-bond donors (Lipinski definition) is 1. The van der Waals surface area contributed by atoms with Gasteiger partial charge in [0.1, 0.15) is 12.1 Å². The first kappa shape index (κ1) is 21.6. The number of benzene rings is 1. The minimum Gasteiger partial charge on any atom is -0.444 e. The van der Waals surface area contributed by atoms with E-state index in [-0.39, 0.29) is 29.3 Å². The zero-order chi connectivity index (χ0) is 21.4. The lowest BCUT2D eigenvalue weighted by molar-refractivity contribution is -0.117. The number of sulfone groups is 1. The van der Waals surface area contributed by atoms with Crippen molar-refractivity contribution in [1.82, 2.24) is 5.32 Å². The van der Waals surface area contributed by atoms with E-state index in [0.29, 0.717) is 5.17 Å². The smallest absolute Gasteiger partial charge is 0.408 e. The summed E-state index contributed by atoms with van der Waals surface area (Å²) in [7, 11) is -3.12. The van der Waals surface area contributed by atoms with Crippen molar-refractivity contribution < 1.29 is 22.7 Å². The highest BCUT2D eigenvalue weighted by Crippen LogP contribution is 2.41. The molecule has 8 nitrogen and oxygen atoms in total. The van der Waals surface area contributed by atoms with Crippen LogP contribution < -0.4 is 10.2 Å². The molecule has 2 fully saturated rings. The van der Waals surface area contributed by atoms with E-state index in [2.05, 4.69) is 10.3 Å². The number of carbonyl (C=O) groups excluding carboxylic acids is 2. The first-order valence-electron chi connectivity index (χ1n) is 9.25. The van der Waals surface area contributed by atoms with Gasteiger partial charge in [-0.25, -0.2) is 13.2 Å². The normalized spacial score (nSPS) is 24.4. The van der Waals surface area contributed by atoms with Crippen molar-refractivity contribution in [2.75, 3.05) is 23.0 Å². The van der Waals surface area contributed by atoms with Crippen LogP contribution in [0.4, 0.5) is 10.5 Å². The molecule has 0 bridgehead atoms. The standard InChI is InChI=1S/C19H25N3O5S2/c1-12-6-5-7-13(8-12)22-14-10-29(25,26)11-15(14)28-17(22)21-16(23)9-20-18(24)27-19(2,3)4/h5-8,14-15H,9-11H2,1-4H3,(H,20,24). The first-order chi connectivity index (χ1) is 13.4. The van der Waals surface area contributed by atoms with E-state index < -0.39 is 27.4 Å². The van der Waals surface area contributed by atoms with Crippen LogP contribution in [0.2, 0.25) is 0 Å². The summed E-state index contributed by atoms with van der Waals surface area (Å²) >= 11 is 1.30. The highest BCUT2D eigenvalue weighted by atomic mass is 32.2. The van der Waals surface area contributed by atoms with Gasteiger partial charge in [0.2, 0.25) is 0 Å². The zero-order valence-corrected chi connectivity index (χ0v) is 18.5. The lowest BCUT2D eigenvalue weighted by atomic mass is 10.1. The molecule has 0 aromatic heterocycles. The Morgan fingerprint density at radius 2 is 2.03 bits per heavy atom. The Bertz CT molecular complexity index is 953. The second kappa shape index (κ2) is 7.98. The Morgan fingerprint density at radius 3 is 2.69 bits per heavy atom. The van der Waals surface area contributed by atoms with Crippen LogP contribution in [0, 0.1) is 6.92 Å². The van der Waals surface area contributed by atoms with Crippen molar-refractivity contribution in [3.8, 4) is 0 Å². The van der Waals surface area contributed by atoms with E-state index >= 15 is 0 Å². The van der Waals surface area contributed by atoms with E-state index in [9.17, 15) is 18.0 Å². The molecule has 1 N–H and O–H groups in total. The molecule has 1 aromatic rings. The number of rotatable bonds is 3. The maximum Gasteiger partial charge on any atom is 0.408 e. The SMILES string of the molecule is Cc1cccc(N2C(=NC(=O)CNC(=O)OC(C)(C)C)SC3CS(=O)(=O)CC32)c1. The van der Waals surface area contributed by atoms with Gasteiger partial charge < -0.3 is 15.0 Å². The fraction of sp³-hybridized carbons (Fsp3) is 0.526. The van der Waals surface area contributed by atoms with E-state index in [1.807, 2.05) is 36.1 Å². The molecule has 2 aliphatic rings. The summed E-state index contributed by atoms with van der Waals surface area (Å²) < 4.78 is 29.3. The minimum absolute atomic E-state index is 0.0297. The van der Waals surface area contributed by atoms with Gasteiger partial charge in [0.15, 0.2) is 15.0 Å². The zero-order valence-electron chi connectivity index (χ0n) is 16.8. The molecule has 2 aliphatic heterocycles. The van der Waals surface area contributed by atoms with Gasteiger partial charge in [-0.05, 0) is 45.4 Å². The van der Waals surface area contributed by atoms with Gasteiger partial charge in [-0.3, -0.25) is 4.79 Å². The molecule has 10 heteroatoms. The van der Waals surface area contributed by atoms with Crippen molar-refractivity contribution in [2.24, 2.45) is 4.99 Å². The van der Waals surface area contributed by atoms with Crippen LogP contribution in [0.1, 0.15) is 26.3 Å². The number of ether oxygens (including phenoxy) is 1. The van der Waals surface area contributed by atoms with E-state index in [0.717, 1.165) is 11.3 Å². The maximum absolute atomic E-state index is 12.3. The molecule has 0 saturated carbocycles. The number of amidine groups is 1. The summed E-state index contributed by atoms with van der Waals surface area (Å²) in [4.78, 5) is 30.1. The van der Waals surface area contributed by atoms with Crippen molar-refractivity contribution in [2.45, 2.75) is 44.6 Å². The maximum atomic E-state index is 12.3. The molecule has 2 atom stereocenters. The number of thioether (sulfide) groups is 1. The van der Waals surface area contributed by atoms with Gasteiger partial charge in [0, 0.05) is 10.9 Å². The number of hydrogen-bond acceptors (Lipinski definition) is 6. The number of fused-ring (bicyclic) bond motifs is 1. The largest absolute Gasteiger partial charge is 0.444 e. The lowest BCUT2D eigenvalue weighted by Gasteiger charge is -2.24. The molecule has 2 unspecified atom stereocenters. The summed E-state index contributed by atoms with van der Waals surface area (Å²) in [6, 6.07) is 7.38. The van der Waals surface area contributed by atoms with Crippen LogP contribution in [-0.2, 0) is 19.4 Å². The molecule has 3 rings (SSSR count).